The van der Waals surface area contributed by atoms with Crippen LogP contribution in [0.5, 0.6) is 0 Å². The minimum Gasteiger partial charge on any atom is -0.381 e. The summed E-state index contributed by atoms with van der Waals surface area (Å²) in [4.78, 5) is 7.07. The van der Waals surface area contributed by atoms with Crippen molar-refractivity contribution in [2.24, 2.45) is 10.9 Å². The van der Waals surface area contributed by atoms with E-state index in [1.54, 1.807) is 0 Å². The number of hydrogen-bond donors (Lipinski definition) is 2. The van der Waals surface area contributed by atoms with Crippen LogP contribution in [0.1, 0.15) is 38.7 Å². The maximum absolute atomic E-state index is 5.75. The van der Waals surface area contributed by atoms with Crippen LogP contribution in [0.4, 0.5) is 0 Å². The molecule has 0 radical (unpaired) electrons. The third-order valence-corrected chi connectivity index (χ3v) is 5.32. The molecule has 6 nitrogen and oxygen atoms in total. The fourth-order valence-electron chi connectivity index (χ4n) is 3.31. The summed E-state index contributed by atoms with van der Waals surface area (Å²) in [6.45, 7) is 11.2. The number of aliphatic imine (C=N–C) groups is 1. The lowest BCUT2D eigenvalue weighted by atomic mass is 10.1. The molecule has 1 aliphatic rings. The summed E-state index contributed by atoms with van der Waals surface area (Å²) >= 11 is 0. The highest BCUT2D eigenvalue weighted by Gasteiger charge is 2.15. The van der Waals surface area contributed by atoms with Crippen molar-refractivity contribution in [3.8, 4) is 0 Å². The molecule has 2 N–H and O–H groups in total. The maximum Gasteiger partial charge on any atom is 0.191 e. The van der Waals surface area contributed by atoms with Crippen LogP contribution in [0, 0.1) is 5.92 Å². The van der Waals surface area contributed by atoms with Crippen LogP contribution >= 0.6 is 24.0 Å². The summed E-state index contributed by atoms with van der Waals surface area (Å²) in [5, 5.41) is 6.79. The van der Waals surface area contributed by atoms with Crippen LogP contribution in [-0.2, 0) is 16.0 Å². The highest BCUT2D eigenvalue weighted by molar-refractivity contribution is 14.0. The molecule has 2 atom stereocenters. The van der Waals surface area contributed by atoms with E-state index < -0.39 is 0 Å². The summed E-state index contributed by atoms with van der Waals surface area (Å²) in [5.74, 6) is 1.48. The monoisotopic (exact) mass is 532 g/mol. The van der Waals surface area contributed by atoms with Gasteiger partial charge in [-0.25, -0.2) is 0 Å². The second-order valence-electron chi connectivity index (χ2n) is 7.88. The van der Waals surface area contributed by atoms with Gasteiger partial charge in [-0.1, -0.05) is 30.3 Å². The van der Waals surface area contributed by atoms with Crippen molar-refractivity contribution in [3.63, 3.8) is 0 Å². The SMILES string of the molecule is CCNC(=NCCCOCC1CCOC1)NCCC(C)N(C)Cc1ccccc1.I. The van der Waals surface area contributed by atoms with Crippen molar-refractivity contribution in [2.45, 2.75) is 45.7 Å². The normalized spacial score (nSPS) is 17.6. The molecule has 0 aromatic heterocycles. The molecule has 0 spiro atoms. The van der Waals surface area contributed by atoms with Gasteiger partial charge in [0.05, 0.1) is 13.2 Å². The van der Waals surface area contributed by atoms with Gasteiger partial charge in [0.15, 0.2) is 5.96 Å². The molecule has 2 unspecified atom stereocenters. The summed E-state index contributed by atoms with van der Waals surface area (Å²) in [5.41, 5.74) is 1.35. The molecule has 0 amide bonds. The zero-order valence-electron chi connectivity index (χ0n) is 18.9. The Morgan fingerprint density at radius 3 is 2.80 bits per heavy atom. The fraction of sp³-hybridized carbons (Fsp3) is 0.696. The van der Waals surface area contributed by atoms with Gasteiger partial charge in [-0.05, 0) is 45.7 Å². The van der Waals surface area contributed by atoms with Crippen LogP contribution in [0.25, 0.3) is 0 Å². The molecule has 7 heteroatoms. The number of nitrogens with zero attached hydrogens (tertiary/aromatic N) is 2. The first-order chi connectivity index (χ1) is 14.2. The standard InChI is InChI=1S/C23H40N4O2.HI/c1-4-24-23(25-13-8-15-28-18-22-12-16-29-19-22)26-14-11-20(2)27(3)17-21-9-6-5-7-10-21;/h5-7,9-10,20,22H,4,8,11-19H2,1-3H3,(H2,24,25,26);1H. The molecular formula is C23H41IN4O2. The molecule has 1 fully saturated rings. The first kappa shape index (κ1) is 27.1. The van der Waals surface area contributed by atoms with E-state index in [9.17, 15) is 0 Å². The van der Waals surface area contributed by atoms with E-state index in [4.69, 9.17) is 9.47 Å². The first-order valence-corrected chi connectivity index (χ1v) is 11.1. The Balaban J connectivity index is 0.00000450. The number of rotatable bonds is 13. The fourth-order valence-corrected chi connectivity index (χ4v) is 3.31. The van der Waals surface area contributed by atoms with Crippen molar-refractivity contribution in [1.82, 2.24) is 15.5 Å². The molecule has 1 saturated heterocycles. The third kappa shape index (κ3) is 11.5. The molecule has 172 valence electrons. The van der Waals surface area contributed by atoms with Crippen LogP contribution in [0.3, 0.4) is 0 Å². The zero-order chi connectivity index (χ0) is 20.7. The highest BCUT2D eigenvalue weighted by Crippen LogP contribution is 2.12. The van der Waals surface area contributed by atoms with E-state index in [0.29, 0.717) is 12.0 Å². The van der Waals surface area contributed by atoms with E-state index in [-0.39, 0.29) is 24.0 Å². The summed E-state index contributed by atoms with van der Waals surface area (Å²) < 4.78 is 11.1. The lowest BCUT2D eigenvalue weighted by Crippen LogP contribution is -2.40. The Kier molecular flexibility index (Phi) is 15.2. The Morgan fingerprint density at radius 1 is 1.30 bits per heavy atom. The average molecular weight is 533 g/mol. The topological polar surface area (TPSA) is 58.1 Å². The molecule has 1 aromatic rings. The minimum atomic E-state index is 0. The molecular weight excluding hydrogens is 491 g/mol. The number of guanidine groups is 1. The van der Waals surface area contributed by atoms with Crippen molar-refractivity contribution in [3.05, 3.63) is 35.9 Å². The van der Waals surface area contributed by atoms with Crippen LogP contribution in [-0.4, -0.2) is 70.0 Å². The molecule has 30 heavy (non-hydrogen) atoms. The van der Waals surface area contributed by atoms with E-state index >= 15 is 0 Å². The minimum absolute atomic E-state index is 0. The van der Waals surface area contributed by atoms with Gasteiger partial charge >= 0.3 is 0 Å². The number of ether oxygens (including phenoxy) is 2. The molecule has 0 bridgehead atoms. The van der Waals surface area contributed by atoms with Crippen LogP contribution < -0.4 is 10.6 Å². The zero-order valence-corrected chi connectivity index (χ0v) is 21.3. The lowest BCUT2D eigenvalue weighted by molar-refractivity contribution is 0.0893. The van der Waals surface area contributed by atoms with Gasteiger partial charge in [-0.15, -0.1) is 24.0 Å². The second kappa shape index (κ2) is 16.8. The highest BCUT2D eigenvalue weighted by atomic mass is 127. The molecule has 1 aromatic carbocycles. The van der Waals surface area contributed by atoms with E-state index in [1.807, 2.05) is 0 Å². The van der Waals surface area contributed by atoms with Crippen molar-refractivity contribution >= 4 is 29.9 Å². The van der Waals surface area contributed by atoms with Crippen molar-refractivity contribution in [1.29, 1.82) is 0 Å². The van der Waals surface area contributed by atoms with Crippen LogP contribution in [0.15, 0.2) is 35.3 Å². The van der Waals surface area contributed by atoms with Gasteiger partial charge in [0.25, 0.3) is 0 Å². The quantitative estimate of drug-likeness (QED) is 0.176. The molecule has 0 aliphatic carbocycles. The van der Waals surface area contributed by atoms with E-state index in [0.717, 1.165) is 77.8 Å². The lowest BCUT2D eigenvalue weighted by Gasteiger charge is -2.25. The van der Waals surface area contributed by atoms with Gasteiger partial charge in [0.1, 0.15) is 0 Å². The number of hydrogen-bond acceptors (Lipinski definition) is 4. The summed E-state index contributed by atoms with van der Waals surface area (Å²) in [6.07, 6.45) is 3.15. The van der Waals surface area contributed by atoms with Gasteiger partial charge < -0.3 is 20.1 Å². The van der Waals surface area contributed by atoms with Gasteiger partial charge in [-0.2, -0.15) is 0 Å². The smallest absolute Gasteiger partial charge is 0.191 e. The third-order valence-electron chi connectivity index (χ3n) is 5.32. The second-order valence-corrected chi connectivity index (χ2v) is 7.88. The van der Waals surface area contributed by atoms with Gasteiger partial charge in [0, 0.05) is 51.4 Å². The molecule has 2 rings (SSSR count). The van der Waals surface area contributed by atoms with Crippen molar-refractivity contribution < 1.29 is 9.47 Å². The number of nitrogens with one attached hydrogen (secondary N) is 2. The molecule has 1 aliphatic heterocycles. The maximum atomic E-state index is 5.75. The van der Waals surface area contributed by atoms with Crippen molar-refractivity contribution in [2.75, 3.05) is 53.1 Å². The van der Waals surface area contributed by atoms with Gasteiger partial charge in [-0.3, -0.25) is 9.89 Å². The Bertz CT molecular complexity index is 568. The first-order valence-electron chi connectivity index (χ1n) is 11.1. The Hall–Kier alpha value is -0.900. The number of halogens is 1. The largest absolute Gasteiger partial charge is 0.381 e. The van der Waals surface area contributed by atoms with E-state index in [2.05, 4.69) is 71.8 Å². The Labute approximate surface area is 200 Å². The average Bonchev–Trinajstić information content (AvgIpc) is 3.24. The van der Waals surface area contributed by atoms with Crippen LogP contribution in [0.2, 0.25) is 0 Å². The number of benzene rings is 1. The summed E-state index contributed by atoms with van der Waals surface area (Å²) in [6, 6.07) is 11.1. The predicted octanol–water partition coefficient (Wildman–Crippen LogP) is 3.51. The van der Waals surface area contributed by atoms with E-state index in [1.165, 1.54) is 5.56 Å². The Morgan fingerprint density at radius 2 is 2.10 bits per heavy atom. The summed E-state index contributed by atoms with van der Waals surface area (Å²) in [7, 11) is 2.19. The molecule has 0 saturated carbocycles. The van der Waals surface area contributed by atoms with Gasteiger partial charge in [0.2, 0.25) is 0 Å². The molecule has 1 heterocycles. The predicted molar refractivity (Wildman–Crippen MR) is 136 cm³/mol.